The van der Waals surface area contributed by atoms with Crippen LogP contribution in [-0.4, -0.2) is 98.5 Å². The van der Waals surface area contributed by atoms with E-state index in [1.165, 1.54) is 63.9 Å². The van der Waals surface area contributed by atoms with E-state index in [1.54, 1.807) is 32.4 Å². The first-order chi connectivity index (χ1) is 46.5. The molecule has 0 aliphatic rings. The number of hydrogen-bond donors (Lipinski definition) is 2. The fourth-order valence-corrected chi connectivity index (χ4v) is 10.6. The summed E-state index contributed by atoms with van der Waals surface area (Å²) in [5.41, 5.74) is 11.9. The van der Waals surface area contributed by atoms with Gasteiger partial charge in [0.2, 0.25) is 0 Å². The minimum atomic E-state index is -5.82. The molecule has 0 aromatic heterocycles. The van der Waals surface area contributed by atoms with Crippen LogP contribution in [0.5, 0.6) is 11.5 Å². The predicted octanol–water partition coefficient (Wildman–Crippen LogP) is 17.0. The van der Waals surface area contributed by atoms with Crippen molar-refractivity contribution in [1.82, 2.24) is 0 Å². The molecule has 9 aromatic carbocycles. The highest BCUT2D eigenvalue weighted by Crippen LogP contribution is 2.37. The van der Waals surface area contributed by atoms with Crippen LogP contribution < -0.4 is 14.4 Å². The van der Waals surface area contributed by atoms with Crippen LogP contribution in [0.15, 0.2) is 212 Å². The number of alkyl halides is 3. The van der Waals surface area contributed by atoms with Crippen LogP contribution in [0, 0.1) is 6.92 Å². The summed E-state index contributed by atoms with van der Waals surface area (Å²) < 4.78 is 105. The molecular weight excluding hydrogens is 1240 g/mol. The Kier molecular flexibility index (Phi) is 31.9. The van der Waals surface area contributed by atoms with E-state index >= 15 is 0 Å². The van der Waals surface area contributed by atoms with Gasteiger partial charge < -0.3 is 47.4 Å². The molecule has 0 aliphatic carbocycles. The Hall–Kier alpha value is -7.94. The van der Waals surface area contributed by atoms with Gasteiger partial charge >= 0.3 is 22.7 Å². The summed E-state index contributed by atoms with van der Waals surface area (Å²) in [6, 6.07) is 70.4. The molecule has 17 heteroatoms. The summed E-state index contributed by atoms with van der Waals surface area (Å²) in [5, 5.41) is 17.3. The van der Waals surface area contributed by atoms with Gasteiger partial charge in [-0.3, -0.25) is 0 Å². The van der Waals surface area contributed by atoms with E-state index in [4.69, 9.17) is 43.2 Å². The predicted molar refractivity (Wildman–Crippen MR) is 379 cm³/mol. The summed E-state index contributed by atoms with van der Waals surface area (Å²) in [5.74, 6) is 0.458. The molecule has 0 spiro atoms. The fourth-order valence-electron chi connectivity index (χ4n) is 10.1. The number of aryl methyl sites for hydroxylation is 5. The van der Waals surface area contributed by atoms with Gasteiger partial charge in [-0.15, -0.1) is 0 Å². The van der Waals surface area contributed by atoms with E-state index in [0.29, 0.717) is 75.2 Å². The molecule has 96 heavy (non-hydrogen) atoms. The zero-order chi connectivity index (χ0) is 68.4. The topological polar surface area (TPSA) is 148 Å². The van der Waals surface area contributed by atoms with Crippen molar-refractivity contribution >= 4 is 22.7 Å². The molecule has 0 unspecified atom stereocenters. The smallest absolute Gasteiger partial charge is 0.489 e. The zero-order valence-electron chi connectivity index (χ0n) is 55.7. The van der Waals surface area contributed by atoms with Crippen LogP contribution in [-0.2, 0) is 70.8 Å². The lowest BCUT2D eigenvalue weighted by atomic mass is 9.80. The van der Waals surface area contributed by atoms with Gasteiger partial charge in [-0.25, -0.2) is 0 Å². The van der Waals surface area contributed by atoms with Crippen molar-refractivity contribution in [1.29, 1.82) is 0 Å². The SMILES string of the molecule is CCCCc1ccc(-c2cc(-c3ccc(CCCOCOCCOC)cc3)cc(-c3ccc(OCc4ccccc4)cc3)c2)cc1.CCCCc1ccc(-c2cc(OS(=O)(=O)C(F)(F)F)cc(-c3ccc(CCCOCOCCOC)cc3)c2)cc1.Cc1ccc(B(O)O)cc1. The van der Waals surface area contributed by atoms with Gasteiger partial charge in [-0.1, -0.05) is 196 Å². The maximum Gasteiger partial charge on any atom is 0.534 e. The molecule has 0 aliphatic heterocycles. The Balaban J connectivity index is 0.000000238. The van der Waals surface area contributed by atoms with Crippen LogP contribution in [0.25, 0.3) is 55.6 Å². The fraction of sp³-hybridized carbons (Fsp3) is 0.316. The highest BCUT2D eigenvalue weighted by Gasteiger charge is 2.48. The highest BCUT2D eigenvalue weighted by atomic mass is 32.2. The molecule has 0 heterocycles. The first kappa shape index (κ1) is 75.4. The summed E-state index contributed by atoms with van der Waals surface area (Å²) in [4.78, 5) is 0. The molecule has 0 bridgehead atoms. The lowest BCUT2D eigenvalue weighted by Crippen LogP contribution is -2.29. The molecule has 0 fully saturated rings. The van der Waals surface area contributed by atoms with Gasteiger partial charge in [0, 0.05) is 27.4 Å². The minimum Gasteiger partial charge on any atom is -0.489 e. The number of hydrogen-bond acceptors (Lipinski definition) is 12. The summed E-state index contributed by atoms with van der Waals surface area (Å²) in [7, 11) is -3.90. The van der Waals surface area contributed by atoms with E-state index in [9.17, 15) is 21.6 Å². The van der Waals surface area contributed by atoms with Gasteiger partial charge in [-0.2, -0.15) is 21.6 Å². The van der Waals surface area contributed by atoms with Crippen molar-refractivity contribution in [2.75, 3.05) is 67.4 Å². The average Bonchev–Trinajstić information content (AvgIpc) is 0.829. The van der Waals surface area contributed by atoms with E-state index < -0.39 is 28.5 Å². The van der Waals surface area contributed by atoms with Crippen LogP contribution in [0.1, 0.15) is 85.8 Å². The summed E-state index contributed by atoms with van der Waals surface area (Å²) in [6.45, 7) is 10.7. The van der Waals surface area contributed by atoms with Gasteiger partial charge in [0.25, 0.3) is 0 Å². The summed E-state index contributed by atoms with van der Waals surface area (Å²) >= 11 is 0. The minimum absolute atomic E-state index is 0.203. The molecule has 0 atom stereocenters. The second-order valence-electron chi connectivity index (χ2n) is 23.2. The summed E-state index contributed by atoms with van der Waals surface area (Å²) in [6.07, 6.45) is 10.1. The van der Waals surface area contributed by atoms with Crippen molar-refractivity contribution in [3.63, 3.8) is 0 Å². The lowest BCUT2D eigenvalue weighted by molar-refractivity contribution is -0.0661. The number of unbranched alkanes of at least 4 members (excludes halogenated alkanes) is 2. The molecule has 0 saturated carbocycles. The largest absolute Gasteiger partial charge is 0.534 e. The maximum absolute atomic E-state index is 13.0. The molecule has 0 radical (unpaired) electrons. The van der Waals surface area contributed by atoms with Crippen molar-refractivity contribution in [2.45, 2.75) is 97.1 Å². The van der Waals surface area contributed by atoms with Crippen molar-refractivity contribution in [2.24, 2.45) is 0 Å². The van der Waals surface area contributed by atoms with Gasteiger partial charge in [-0.05, 0) is 196 Å². The van der Waals surface area contributed by atoms with Crippen LogP contribution in [0.2, 0.25) is 0 Å². The van der Waals surface area contributed by atoms with Crippen molar-refractivity contribution in [3.05, 3.63) is 246 Å². The Morgan fingerprint density at radius 2 is 0.750 bits per heavy atom. The van der Waals surface area contributed by atoms with Crippen LogP contribution in [0.3, 0.4) is 0 Å². The molecule has 12 nitrogen and oxygen atoms in total. The quantitative estimate of drug-likeness (QED) is 0.0128. The standard InChI is InChI=1S/C42H46O4.C30H35F3O6S.C7H9BO2/c1-3-4-9-33-13-17-36(18-14-33)39-28-40(37-19-15-34(16-20-37)12-8-25-44-32-45-27-26-43-2)30-41(29-39)38-21-23-42(24-22-38)46-31-35-10-6-5-7-11-35;1-3-4-6-23-8-12-25(13-9-23)27-19-28(21-29(20-27)39-40(34,35)30(31,32)33)26-14-10-24(11-15-26)7-5-16-37-22-38-18-17-36-2;1-6-2-4-7(5-3-6)8(9)10/h5-7,10-11,13-24,28-30H,3-4,8-9,12,25-27,31-32H2,1-2H3;8-15,19-21H,3-7,16-18,22H2,1-2H3;2-5,9-10H,1H3. The third-order valence-electron chi connectivity index (χ3n) is 15.6. The number of ether oxygens (including phenoxy) is 7. The average molecular weight is 1330 g/mol. The van der Waals surface area contributed by atoms with E-state index in [0.717, 1.165) is 90.5 Å². The molecule has 0 amide bonds. The van der Waals surface area contributed by atoms with Gasteiger partial charge in [0.15, 0.2) is 0 Å². The normalized spacial score (nSPS) is 11.3. The zero-order valence-corrected chi connectivity index (χ0v) is 56.6. The van der Waals surface area contributed by atoms with Crippen molar-refractivity contribution in [3.8, 4) is 67.1 Å². The molecular formula is C79H90BF3O12S. The highest BCUT2D eigenvalue weighted by molar-refractivity contribution is 7.88. The molecule has 9 rings (SSSR count). The van der Waals surface area contributed by atoms with E-state index in [2.05, 4.69) is 121 Å². The van der Waals surface area contributed by atoms with Crippen LogP contribution >= 0.6 is 0 Å². The Bertz CT molecular complexity index is 3760. The number of halogens is 3. The third-order valence-corrected chi connectivity index (χ3v) is 16.6. The number of rotatable bonds is 35. The first-order valence-electron chi connectivity index (χ1n) is 32.7. The monoisotopic (exact) mass is 1330 g/mol. The molecule has 9 aromatic rings. The number of benzene rings is 9. The van der Waals surface area contributed by atoms with Crippen LogP contribution in [0.4, 0.5) is 13.2 Å². The third kappa shape index (κ3) is 25.9. The maximum atomic E-state index is 13.0. The van der Waals surface area contributed by atoms with Gasteiger partial charge in [0.1, 0.15) is 31.7 Å². The molecule has 508 valence electrons. The van der Waals surface area contributed by atoms with E-state index in [1.807, 2.05) is 85.8 Å². The number of methoxy groups -OCH3 is 2. The second-order valence-corrected chi connectivity index (χ2v) is 24.7. The van der Waals surface area contributed by atoms with Gasteiger partial charge in [0.05, 0.1) is 26.4 Å². The molecule has 0 saturated heterocycles. The lowest BCUT2D eigenvalue weighted by Gasteiger charge is -2.14. The molecule has 2 N–H and O–H groups in total. The Morgan fingerprint density at radius 1 is 0.396 bits per heavy atom. The Morgan fingerprint density at radius 3 is 1.10 bits per heavy atom. The van der Waals surface area contributed by atoms with Crippen molar-refractivity contribution < 1.29 is 69.0 Å². The first-order valence-corrected chi connectivity index (χ1v) is 34.1. The van der Waals surface area contributed by atoms with E-state index in [-0.39, 0.29) is 6.79 Å². The Labute approximate surface area is 566 Å². The second kappa shape index (κ2) is 40.6.